The van der Waals surface area contributed by atoms with Gasteiger partial charge in [-0.25, -0.2) is 17.5 Å². The molecule has 1 aromatic heterocycles. The van der Waals surface area contributed by atoms with E-state index in [1.54, 1.807) is 11.3 Å². The first kappa shape index (κ1) is 17.6. The molecule has 0 amide bonds. The normalized spacial score (nSPS) is 13.5. The number of likely N-dealkylation sites (N-methyl/N-ethyl adjacent to an activating group) is 1. The Bertz CT molecular complexity index is 733. The van der Waals surface area contributed by atoms with Crippen LogP contribution in [0.15, 0.2) is 44.4 Å². The number of rotatable bonds is 6. The number of hydrogen-bond donors (Lipinski definition) is 1. The van der Waals surface area contributed by atoms with Crippen molar-refractivity contribution in [3.63, 3.8) is 0 Å². The highest BCUT2D eigenvalue weighted by atomic mass is 79.9. The van der Waals surface area contributed by atoms with Crippen LogP contribution >= 0.6 is 27.3 Å². The molecule has 4 nitrogen and oxygen atoms in total. The van der Waals surface area contributed by atoms with Crippen molar-refractivity contribution in [3.8, 4) is 0 Å². The van der Waals surface area contributed by atoms with Crippen LogP contribution < -0.4 is 4.72 Å². The van der Waals surface area contributed by atoms with Crippen molar-refractivity contribution < 1.29 is 12.8 Å². The van der Waals surface area contributed by atoms with Gasteiger partial charge in [-0.1, -0.05) is 15.9 Å². The SMILES string of the molecule is CN(C)C(CNS(=O)(=O)c1cc(Br)ccc1F)c1ccsc1. The molecule has 2 aromatic rings. The molecule has 1 aromatic carbocycles. The predicted octanol–water partition coefficient (Wildman–Crippen LogP) is 3.23. The first-order valence-electron chi connectivity index (χ1n) is 6.44. The zero-order valence-corrected chi connectivity index (χ0v) is 15.3. The van der Waals surface area contributed by atoms with Crippen molar-refractivity contribution in [2.45, 2.75) is 10.9 Å². The molecule has 0 aliphatic carbocycles. The van der Waals surface area contributed by atoms with Gasteiger partial charge in [-0.15, -0.1) is 0 Å². The van der Waals surface area contributed by atoms with Crippen LogP contribution in [0.4, 0.5) is 4.39 Å². The molecule has 1 unspecified atom stereocenters. The third kappa shape index (κ3) is 4.14. The van der Waals surface area contributed by atoms with Crippen LogP contribution in [-0.4, -0.2) is 34.0 Å². The molecular weight excluding hydrogens is 391 g/mol. The van der Waals surface area contributed by atoms with E-state index < -0.39 is 15.8 Å². The molecule has 0 fully saturated rings. The largest absolute Gasteiger partial charge is 0.301 e. The molecule has 1 N–H and O–H groups in total. The Kier molecular flexibility index (Phi) is 5.73. The molecule has 0 aliphatic heterocycles. The summed E-state index contributed by atoms with van der Waals surface area (Å²) in [6, 6.07) is 5.68. The van der Waals surface area contributed by atoms with Crippen LogP contribution in [0, 0.1) is 5.82 Å². The van der Waals surface area contributed by atoms with Gasteiger partial charge in [-0.05, 0) is 54.7 Å². The lowest BCUT2D eigenvalue weighted by Crippen LogP contribution is -2.34. The second-order valence-corrected chi connectivity index (χ2v) is 8.39. The van der Waals surface area contributed by atoms with Crippen LogP contribution in [0.3, 0.4) is 0 Å². The number of hydrogen-bond acceptors (Lipinski definition) is 4. The van der Waals surface area contributed by atoms with Gasteiger partial charge >= 0.3 is 0 Å². The third-order valence-corrected chi connectivity index (χ3v) is 5.83. The highest BCUT2D eigenvalue weighted by molar-refractivity contribution is 9.10. The smallest absolute Gasteiger partial charge is 0.243 e. The minimum atomic E-state index is -3.91. The zero-order chi connectivity index (χ0) is 16.3. The van der Waals surface area contributed by atoms with Gasteiger partial charge in [0.25, 0.3) is 0 Å². The van der Waals surface area contributed by atoms with E-state index in [4.69, 9.17) is 0 Å². The summed E-state index contributed by atoms with van der Waals surface area (Å²) in [6.07, 6.45) is 0. The van der Waals surface area contributed by atoms with Crippen LogP contribution in [0.5, 0.6) is 0 Å². The monoisotopic (exact) mass is 406 g/mol. The van der Waals surface area contributed by atoms with Gasteiger partial charge in [-0.3, -0.25) is 0 Å². The summed E-state index contributed by atoms with van der Waals surface area (Å²) >= 11 is 4.71. The average molecular weight is 407 g/mol. The number of nitrogens with zero attached hydrogens (tertiary/aromatic N) is 1. The van der Waals surface area contributed by atoms with E-state index in [1.807, 2.05) is 35.8 Å². The molecule has 2 rings (SSSR count). The fraction of sp³-hybridized carbons (Fsp3) is 0.286. The number of nitrogens with one attached hydrogen (secondary N) is 1. The topological polar surface area (TPSA) is 49.4 Å². The Hall–Kier alpha value is -0.800. The molecule has 8 heteroatoms. The second-order valence-electron chi connectivity index (χ2n) is 4.96. The van der Waals surface area contributed by atoms with Crippen molar-refractivity contribution in [2.75, 3.05) is 20.6 Å². The Morgan fingerprint density at radius 3 is 2.68 bits per heavy atom. The molecular formula is C14H16BrFN2O2S2. The summed E-state index contributed by atoms with van der Waals surface area (Å²) in [6.45, 7) is 0.165. The van der Waals surface area contributed by atoms with E-state index in [0.29, 0.717) is 4.47 Å². The Morgan fingerprint density at radius 1 is 1.36 bits per heavy atom. The van der Waals surface area contributed by atoms with Crippen LogP contribution in [0.25, 0.3) is 0 Å². The van der Waals surface area contributed by atoms with Gasteiger partial charge < -0.3 is 4.90 Å². The maximum absolute atomic E-state index is 13.8. The lowest BCUT2D eigenvalue weighted by Gasteiger charge is -2.24. The van der Waals surface area contributed by atoms with Crippen molar-refractivity contribution in [2.24, 2.45) is 0 Å². The molecule has 0 saturated heterocycles. The van der Waals surface area contributed by atoms with Gasteiger partial charge in [0.2, 0.25) is 10.0 Å². The highest BCUT2D eigenvalue weighted by Crippen LogP contribution is 2.23. The molecule has 0 saturated carbocycles. The molecule has 22 heavy (non-hydrogen) atoms. The fourth-order valence-electron chi connectivity index (χ4n) is 2.01. The Labute approximate surface area is 142 Å². The quantitative estimate of drug-likeness (QED) is 0.800. The van der Waals surface area contributed by atoms with E-state index in [2.05, 4.69) is 20.7 Å². The number of benzene rings is 1. The molecule has 120 valence electrons. The first-order valence-corrected chi connectivity index (χ1v) is 9.66. The summed E-state index contributed by atoms with van der Waals surface area (Å²) in [7, 11) is -0.169. The molecule has 0 bridgehead atoms. The fourth-order valence-corrected chi connectivity index (χ4v) is 4.37. The van der Waals surface area contributed by atoms with Gasteiger partial charge in [0.1, 0.15) is 10.7 Å². The molecule has 0 spiro atoms. The van der Waals surface area contributed by atoms with E-state index in [9.17, 15) is 12.8 Å². The number of sulfonamides is 1. The maximum atomic E-state index is 13.8. The predicted molar refractivity (Wildman–Crippen MR) is 90.0 cm³/mol. The van der Waals surface area contributed by atoms with Crippen molar-refractivity contribution in [1.29, 1.82) is 0 Å². The molecule has 1 heterocycles. The Morgan fingerprint density at radius 2 is 2.09 bits per heavy atom. The van der Waals surface area contributed by atoms with Crippen LogP contribution in [0.2, 0.25) is 0 Å². The van der Waals surface area contributed by atoms with Crippen LogP contribution in [-0.2, 0) is 10.0 Å². The standard InChI is InChI=1S/C14H16BrFN2O2S2/c1-18(2)13(10-5-6-21-9-10)8-17-22(19,20)14-7-11(15)3-4-12(14)16/h3-7,9,13,17H,8H2,1-2H3. The van der Waals surface area contributed by atoms with E-state index in [-0.39, 0.29) is 17.5 Å². The third-order valence-electron chi connectivity index (χ3n) is 3.20. The zero-order valence-electron chi connectivity index (χ0n) is 12.1. The van der Waals surface area contributed by atoms with E-state index in [0.717, 1.165) is 11.6 Å². The number of thiophene rings is 1. The summed E-state index contributed by atoms with van der Waals surface area (Å²) < 4.78 is 41.4. The highest BCUT2D eigenvalue weighted by Gasteiger charge is 2.22. The van der Waals surface area contributed by atoms with Crippen molar-refractivity contribution in [1.82, 2.24) is 9.62 Å². The summed E-state index contributed by atoms with van der Waals surface area (Å²) in [5, 5.41) is 3.91. The second kappa shape index (κ2) is 7.18. The van der Waals surface area contributed by atoms with Gasteiger partial charge in [-0.2, -0.15) is 11.3 Å². The maximum Gasteiger partial charge on any atom is 0.243 e. The minimum absolute atomic E-state index is 0.115. The summed E-state index contributed by atoms with van der Waals surface area (Å²) in [5.74, 6) is -0.771. The molecule has 0 radical (unpaired) electrons. The van der Waals surface area contributed by atoms with Crippen LogP contribution in [0.1, 0.15) is 11.6 Å². The van der Waals surface area contributed by atoms with Gasteiger partial charge in [0.15, 0.2) is 0 Å². The Balaban J connectivity index is 2.20. The number of halogens is 2. The van der Waals surface area contributed by atoms with E-state index >= 15 is 0 Å². The summed E-state index contributed by atoms with van der Waals surface area (Å²) in [5.41, 5.74) is 1.02. The van der Waals surface area contributed by atoms with Crippen molar-refractivity contribution in [3.05, 3.63) is 50.9 Å². The lowest BCUT2D eigenvalue weighted by atomic mass is 10.1. The first-order chi connectivity index (χ1) is 10.3. The molecule has 1 atom stereocenters. The lowest BCUT2D eigenvalue weighted by molar-refractivity contribution is 0.300. The minimum Gasteiger partial charge on any atom is -0.301 e. The summed E-state index contributed by atoms with van der Waals surface area (Å²) in [4.78, 5) is 1.56. The van der Waals surface area contributed by atoms with Gasteiger partial charge in [0, 0.05) is 17.1 Å². The average Bonchev–Trinajstić information content (AvgIpc) is 2.95. The van der Waals surface area contributed by atoms with E-state index in [1.165, 1.54) is 12.1 Å². The van der Waals surface area contributed by atoms with Gasteiger partial charge in [0.05, 0.1) is 0 Å². The molecule has 0 aliphatic rings. The van der Waals surface area contributed by atoms with Crippen molar-refractivity contribution >= 4 is 37.3 Å².